The van der Waals surface area contributed by atoms with Gasteiger partial charge in [0.05, 0.1) is 17.5 Å². The number of nitrogens with one attached hydrogen (secondary N) is 1. The van der Waals surface area contributed by atoms with E-state index in [1.807, 2.05) is 32.2 Å². The van der Waals surface area contributed by atoms with Crippen LogP contribution in [0.15, 0.2) is 48.6 Å². The molecule has 1 amide bonds. The fraction of sp³-hybridized carbons (Fsp3) is 0.643. The van der Waals surface area contributed by atoms with Gasteiger partial charge in [-0.2, -0.15) is 0 Å². The monoisotopic (exact) mass is 782 g/mol. The zero-order valence-electron chi connectivity index (χ0n) is 31.9. The predicted molar refractivity (Wildman–Crippen MR) is 211 cm³/mol. The van der Waals surface area contributed by atoms with Crippen LogP contribution in [-0.4, -0.2) is 107 Å². The summed E-state index contributed by atoms with van der Waals surface area (Å²) in [6.45, 7) is 9.68. The van der Waals surface area contributed by atoms with Crippen LogP contribution in [0.4, 0.5) is 10.1 Å². The van der Waals surface area contributed by atoms with E-state index in [1.165, 1.54) is 11.1 Å². The number of aryl methyl sites for hydroxylation is 1. The molecule has 9 nitrogen and oxygen atoms in total. The molecule has 0 radical (unpaired) electrons. The number of benzene rings is 2. The third kappa shape index (κ3) is 7.21. The SMILES string of the molecule is CO[C@@]1(CN2CCN3CC[C@H](F)C[C@@H]3C2)/C=C/C[C@H](C)[C@@H](C)S(=O)(=O)NC(=O)c2ccc3c(c2)N(C[C@@H]2CC[C@H]21)C[C@@]1(CCCc2cc(Cl)ccc21)CO3. The number of carbonyl (C=O) groups is 1. The Morgan fingerprint density at radius 2 is 1.93 bits per heavy atom. The molecule has 4 heterocycles. The van der Waals surface area contributed by atoms with Crippen molar-refractivity contribution in [2.24, 2.45) is 17.8 Å². The molecule has 4 aliphatic heterocycles. The summed E-state index contributed by atoms with van der Waals surface area (Å²) in [5.74, 6) is 0.306. The third-order valence-electron chi connectivity index (χ3n) is 14.0. The van der Waals surface area contributed by atoms with Crippen LogP contribution in [0.3, 0.4) is 0 Å². The Bertz CT molecular complexity index is 1880. The summed E-state index contributed by atoms with van der Waals surface area (Å²) in [7, 11) is -2.16. The second kappa shape index (κ2) is 15.0. The van der Waals surface area contributed by atoms with Crippen LogP contribution in [-0.2, 0) is 26.6 Å². The molecular weight excluding hydrogens is 727 g/mol. The number of hydrogen-bond donors (Lipinski definition) is 1. The van der Waals surface area contributed by atoms with E-state index in [2.05, 4.69) is 43.7 Å². The number of fused-ring (bicyclic) bond motifs is 5. The van der Waals surface area contributed by atoms with Crippen LogP contribution in [0, 0.1) is 17.8 Å². The molecule has 2 aromatic rings. The van der Waals surface area contributed by atoms with Gasteiger partial charge in [-0.3, -0.25) is 14.6 Å². The highest BCUT2D eigenvalue weighted by atomic mass is 35.5. The maximum atomic E-state index is 14.6. The number of ether oxygens (including phenoxy) is 2. The first-order valence-corrected chi connectivity index (χ1v) is 22.0. The highest BCUT2D eigenvalue weighted by Gasteiger charge is 2.50. The number of rotatable bonds is 3. The second-order valence-electron chi connectivity index (χ2n) is 17.2. The molecule has 2 saturated heterocycles. The van der Waals surface area contributed by atoms with Gasteiger partial charge in [0.1, 0.15) is 17.5 Å². The number of hydrogen-bond acceptors (Lipinski definition) is 8. The summed E-state index contributed by atoms with van der Waals surface area (Å²) in [5.41, 5.74) is 2.72. The Kier molecular flexibility index (Phi) is 10.6. The van der Waals surface area contributed by atoms with Gasteiger partial charge in [0.15, 0.2) is 0 Å². The Balaban J connectivity index is 1.18. The van der Waals surface area contributed by atoms with Crippen molar-refractivity contribution in [2.45, 2.75) is 93.7 Å². The molecule has 8 rings (SSSR count). The highest BCUT2D eigenvalue weighted by molar-refractivity contribution is 7.90. The predicted octanol–water partition coefficient (Wildman–Crippen LogP) is 6.39. The molecule has 2 aromatic carbocycles. The van der Waals surface area contributed by atoms with Crippen molar-refractivity contribution in [1.29, 1.82) is 0 Å². The van der Waals surface area contributed by atoms with Gasteiger partial charge in [0.25, 0.3) is 5.91 Å². The zero-order valence-corrected chi connectivity index (χ0v) is 33.5. The molecule has 1 saturated carbocycles. The summed E-state index contributed by atoms with van der Waals surface area (Å²) in [6, 6.07) is 11.8. The van der Waals surface area contributed by atoms with E-state index in [0.29, 0.717) is 56.2 Å². The van der Waals surface area contributed by atoms with Crippen molar-refractivity contribution >= 4 is 33.2 Å². The Labute approximate surface area is 325 Å². The van der Waals surface area contributed by atoms with E-state index < -0.39 is 33.0 Å². The molecule has 6 aliphatic rings. The number of carbonyl (C=O) groups excluding carboxylic acids is 1. The lowest BCUT2D eigenvalue weighted by Crippen LogP contribution is -2.62. The molecule has 1 spiro atoms. The molecule has 1 N–H and O–H groups in total. The summed E-state index contributed by atoms with van der Waals surface area (Å²) >= 11 is 6.50. The quantitative estimate of drug-likeness (QED) is 0.359. The van der Waals surface area contributed by atoms with E-state index >= 15 is 0 Å². The van der Waals surface area contributed by atoms with Crippen LogP contribution in [0.5, 0.6) is 5.75 Å². The normalized spacial score (nSPS) is 36.4. The smallest absolute Gasteiger partial charge is 0.264 e. The summed E-state index contributed by atoms with van der Waals surface area (Å²) in [4.78, 5) is 21.0. The number of alkyl halides is 1. The molecule has 8 atom stereocenters. The second-order valence-corrected chi connectivity index (χ2v) is 19.7. The molecule has 54 heavy (non-hydrogen) atoms. The minimum atomic E-state index is -3.98. The first-order valence-electron chi connectivity index (χ1n) is 20.1. The van der Waals surface area contributed by atoms with Crippen molar-refractivity contribution in [2.75, 3.05) is 64.4 Å². The lowest BCUT2D eigenvalue weighted by molar-refractivity contribution is -0.101. The number of sulfonamides is 1. The Hall–Kier alpha value is -2.70. The topological polar surface area (TPSA) is 91.4 Å². The number of anilines is 1. The number of halogens is 2. The first kappa shape index (κ1) is 38.2. The largest absolute Gasteiger partial charge is 0.490 e. The average Bonchev–Trinajstić information content (AvgIpc) is 3.28. The third-order valence-corrected chi connectivity index (χ3v) is 16.2. The van der Waals surface area contributed by atoms with Crippen LogP contribution in [0.1, 0.15) is 80.3 Å². The van der Waals surface area contributed by atoms with Crippen molar-refractivity contribution in [3.05, 3.63) is 70.3 Å². The molecule has 294 valence electrons. The minimum Gasteiger partial charge on any atom is -0.490 e. The maximum absolute atomic E-state index is 14.6. The lowest BCUT2D eigenvalue weighted by Gasteiger charge is -2.53. The summed E-state index contributed by atoms with van der Waals surface area (Å²) in [5, 5.41) is -0.0699. The molecule has 2 bridgehead atoms. The number of piperidine rings is 1. The van der Waals surface area contributed by atoms with Gasteiger partial charge < -0.3 is 14.4 Å². The average molecular weight is 783 g/mol. The van der Waals surface area contributed by atoms with Gasteiger partial charge in [-0.15, -0.1) is 0 Å². The molecule has 3 fully saturated rings. The summed E-state index contributed by atoms with van der Waals surface area (Å²) in [6.07, 6.45) is 10.3. The van der Waals surface area contributed by atoms with E-state index in [-0.39, 0.29) is 23.3 Å². The van der Waals surface area contributed by atoms with Gasteiger partial charge in [0.2, 0.25) is 10.0 Å². The van der Waals surface area contributed by atoms with E-state index in [4.69, 9.17) is 21.1 Å². The Morgan fingerprint density at radius 1 is 1.07 bits per heavy atom. The van der Waals surface area contributed by atoms with E-state index in [0.717, 1.165) is 75.5 Å². The van der Waals surface area contributed by atoms with E-state index in [1.54, 1.807) is 13.0 Å². The van der Waals surface area contributed by atoms with Gasteiger partial charge >= 0.3 is 0 Å². The van der Waals surface area contributed by atoms with Crippen LogP contribution >= 0.6 is 11.6 Å². The fourth-order valence-corrected chi connectivity index (χ4v) is 12.0. The summed E-state index contributed by atoms with van der Waals surface area (Å²) < 4.78 is 57.6. The molecule has 2 aliphatic carbocycles. The highest BCUT2D eigenvalue weighted by Crippen LogP contribution is 2.49. The number of nitrogens with zero attached hydrogens (tertiary/aromatic N) is 3. The zero-order chi connectivity index (χ0) is 37.8. The number of methoxy groups -OCH3 is 1. The fourth-order valence-electron chi connectivity index (χ4n) is 10.5. The minimum absolute atomic E-state index is 0.203. The molecular formula is C42H56ClFN4O5S. The lowest BCUT2D eigenvalue weighted by atomic mass is 9.63. The van der Waals surface area contributed by atoms with Gasteiger partial charge in [0, 0.05) is 75.0 Å². The van der Waals surface area contributed by atoms with Crippen molar-refractivity contribution in [3.63, 3.8) is 0 Å². The van der Waals surface area contributed by atoms with Gasteiger partial charge in [-0.05, 0) is 118 Å². The van der Waals surface area contributed by atoms with Crippen LogP contribution < -0.4 is 14.4 Å². The number of allylic oxidation sites excluding steroid dienone is 1. The molecule has 0 aromatic heterocycles. The molecule has 12 heteroatoms. The first-order chi connectivity index (χ1) is 25.9. The maximum Gasteiger partial charge on any atom is 0.264 e. The van der Waals surface area contributed by atoms with Gasteiger partial charge in [-0.1, -0.05) is 36.7 Å². The van der Waals surface area contributed by atoms with Crippen molar-refractivity contribution in [1.82, 2.24) is 14.5 Å². The Morgan fingerprint density at radius 3 is 2.72 bits per heavy atom. The van der Waals surface area contributed by atoms with Crippen LogP contribution in [0.25, 0.3) is 0 Å². The van der Waals surface area contributed by atoms with Crippen LogP contribution in [0.2, 0.25) is 5.02 Å². The van der Waals surface area contributed by atoms with E-state index in [9.17, 15) is 17.6 Å². The standard InChI is InChI=1S/C42H56ClFN4O5S/c1-28-6-4-16-42(52-3,26-46-18-19-47-17-14-34(44)22-35(47)24-46)37-11-8-32(37)23-48-25-41(15-5-7-30-20-33(43)10-12-36(30)41)27-53-39-13-9-31(21-38(39)48)40(49)45-54(50,51)29(28)2/h4,9-10,12-13,16,20-21,28-29,32,34-35,37H,5-8,11,14-15,17-19,22-27H2,1-3H3,(H,45,49)/b16-4+/t28-,29+,32-,34-,35+,37+,41-,42+/m0/s1. The molecule has 0 unspecified atom stereocenters. The number of amides is 1. The van der Waals surface area contributed by atoms with Crippen molar-refractivity contribution < 1.29 is 27.1 Å². The van der Waals surface area contributed by atoms with Crippen molar-refractivity contribution in [3.8, 4) is 5.75 Å². The number of piperazine rings is 1. The van der Waals surface area contributed by atoms with Gasteiger partial charge in [-0.25, -0.2) is 17.5 Å².